The Balaban J connectivity index is 1.87. The van der Waals surface area contributed by atoms with Gasteiger partial charge in [-0.25, -0.2) is 8.42 Å². The van der Waals surface area contributed by atoms with E-state index < -0.39 is 10.0 Å². The first-order chi connectivity index (χ1) is 12.3. The van der Waals surface area contributed by atoms with Crippen LogP contribution < -0.4 is 5.32 Å². The number of benzene rings is 2. The maximum absolute atomic E-state index is 12.1. The van der Waals surface area contributed by atoms with Crippen molar-refractivity contribution in [2.75, 3.05) is 26.5 Å². The van der Waals surface area contributed by atoms with Crippen molar-refractivity contribution in [2.24, 2.45) is 0 Å². The third-order valence-corrected chi connectivity index (χ3v) is 6.44. The lowest BCUT2D eigenvalue weighted by Gasteiger charge is -2.14. The van der Waals surface area contributed by atoms with E-state index in [1.165, 1.54) is 38.4 Å². The van der Waals surface area contributed by atoms with E-state index in [2.05, 4.69) is 5.32 Å². The Kier molecular flexibility index (Phi) is 7.48. The normalized spacial score (nSPS) is 11.5. The molecule has 0 saturated carbocycles. The van der Waals surface area contributed by atoms with Crippen molar-refractivity contribution in [3.05, 3.63) is 59.1 Å². The van der Waals surface area contributed by atoms with Gasteiger partial charge in [0.05, 0.1) is 12.0 Å². The van der Waals surface area contributed by atoms with Gasteiger partial charge >= 0.3 is 0 Å². The number of carbonyl (C=O) groups is 1. The molecule has 6 nitrogen and oxygen atoms in total. The molecule has 0 aromatic heterocycles. The van der Waals surface area contributed by atoms with E-state index in [4.69, 9.17) is 16.4 Å². The largest absolute Gasteiger partial charge is 0.351 e. The number of nitrogens with one attached hydrogen (secondary N) is 1. The highest BCUT2D eigenvalue weighted by Gasteiger charge is 2.20. The molecule has 2 aromatic rings. The molecule has 0 fully saturated rings. The Hall–Kier alpha value is -1.58. The molecular formula is C17H19ClN2O4S2. The van der Waals surface area contributed by atoms with Crippen molar-refractivity contribution in [3.8, 4) is 0 Å². The van der Waals surface area contributed by atoms with Crippen LogP contribution in [0.1, 0.15) is 10.4 Å². The minimum Gasteiger partial charge on any atom is -0.351 e. The van der Waals surface area contributed by atoms with Gasteiger partial charge in [0, 0.05) is 34.8 Å². The number of nitrogens with zero attached hydrogens (tertiary/aromatic N) is 1. The van der Waals surface area contributed by atoms with E-state index >= 15 is 0 Å². The molecule has 0 aliphatic rings. The van der Waals surface area contributed by atoms with Crippen LogP contribution in [0, 0.1) is 0 Å². The van der Waals surface area contributed by atoms with Crippen LogP contribution in [0.3, 0.4) is 0 Å². The van der Waals surface area contributed by atoms with Gasteiger partial charge in [0.25, 0.3) is 15.9 Å². The monoisotopic (exact) mass is 414 g/mol. The number of hydroxylamine groups is 1. The number of carbonyl (C=O) groups excluding carboxylic acids is 1. The fraction of sp³-hybridized carbons (Fsp3) is 0.235. The summed E-state index contributed by atoms with van der Waals surface area (Å²) in [6.07, 6.45) is 0. The van der Waals surface area contributed by atoms with E-state index in [1.807, 2.05) is 24.3 Å². The maximum Gasteiger partial charge on any atom is 0.264 e. The first-order valence-corrected chi connectivity index (χ1v) is 10.4. The average Bonchev–Trinajstić information content (AvgIpc) is 2.65. The van der Waals surface area contributed by atoms with E-state index in [0.717, 1.165) is 9.36 Å². The fourth-order valence-corrected chi connectivity index (χ4v) is 3.86. The molecule has 9 heteroatoms. The Labute approximate surface area is 162 Å². The van der Waals surface area contributed by atoms with Crippen LogP contribution >= 0.6 is 23.4 Å². The van der Waals surface area contributed by atoms with Crippen molar-refractivity contribution >= 4 is 39.3 Å². The highest BCUT2D eigenvalue weighted by atomic mass is 35.5. The Bertz CT molecular complexity index is 840. The molecule has 1 amide bonds. The first kappa shape index (κ1) is 20.7. The lowest BCUT2D eigenvalue weighted by Crippen LogP contribution is -2.27. The van der Waals surface area contributed by atoms with Crippen molar-refractivity contribution in [1.29, 1.82) is 0 Å². The summed E-state index contributed by atoms with van der Waals surface area (Å²) in [6, 6.07) is 13.2. The Morgan fingerprint density at radius 3 is 2.35 bits per heavy atom. The third-order valence-electron chi connectivity index (χ3n) is 3.48. The Morgan fingerprint density at radius 2 is 1.77 bits per heavy atom. The van der Waals surface area contributed by atoms with Crippen LogP contribution in [0.4, 0.5) is 0 Å². The van der Waals surface area contributed by atoms with Crippen LogP contribution in [0.25, 0.3) is 0 Å². The zero-order valence-corrected chi connectivity index (χ0v) is 16.7. The van der Waals surface area contributed by atoms with Crippen molar-refractivity contribution in [1.82, 2.24) is 9.79 Å². The second-order valence-electron chi connectivity index (χ2n) is 5.18. The van der Waals surface area contributed by atoms with Gasteiger partial charge in [-0.3, -0.25) is 9.63 Å². The first-order valence-electron chi connectivity index (χ1n) is 7.64. The van der Waals surface area contributed by atoms with Crippen LogP contribution in [0.5, 0.6) is 0 Å². The molecule has 2 aromatic carbocycles. The summed E-state index contributed by atoms with van der Waals surface area (Å²) in [7, 11) is -1.15. The second-order valence-corrected chi connectivity index (χ2v) is 8.72. The highest BCUT2D eigenvalue weighted by Crippen LogP contribution is 2.20. The van der Waals surface area contributed by atoms with Gasteiger partial charge in [-0.1, -0.05) is 16.1 Å². The SMILES string of the molecule is CON(C)S(=O)(=O)c1ccc(C(=O)NCCSc2ccc(Cl)cc2)cc1. The van der Waals surface area contributed by atoms with Gasteiger partial charge in [0.1, 0.15) is 0 Å². The van der Waals surface area contributed by atoms with Gasteiger partial charge in [0.2, 0.25) is 0 Å². The molecule has 0 heterocycles. The zero-order chi connectivity index (χ0) is 19.2. The lowest BCUT2D eigenvalue weighted by molar-refractivity contribution is -0.0258. The predicted molar refractivity (Wildman–Crippen MR) is 103 cm³/mol. The zero-order valence-electron chi connectivity index (χ0n) is 14.3. The van der Waals surface area contributed by atoms with Crippen LogP contribution in [0.2, 0.25) is 5.02 Å². The minimum absolute atomic E-state index is 0.0525. The van der Waals surface area contributed by atoms with Gasteiger partial charge in [-0.05, 0) is 48.5 Å². The summed E-state index contributed by atoms with van der Waals surface area (Å²) in [5, 5.41) is 3.49. The topological polar surface area (TPSA) is 75.7 Å². The summed E-state index contributed by atoms with van der Waals surface area (Å²) in [5.41, 5.74) is 0.389. The maximum atomic E-state index is 12.1. The molecule has 1 N–H and O–H groups in total. The summed E-state index contributed by atoms with van der Waals surface area (Å²) in [4.78, 5) is 18.0. The number of halogens is 1. The molecule has 2 rings (SSSR count). The third kappa shape index (κ3) is 5.46. The van der Waals surface area contributed by atoms with Crippen LogP contribution in [-0.4, -0.2) is 45.2 Å². The van der Waals surface area contributed by atoms with E-state index in [-0.39, 0.29) is 10.8 Å². The molecule has 0 atom stereocenters. The van der Waals surface area contributed by atoms with E-state index in [0.29, 0.717) is 22.9 Å². The molecule has 0 saturated heterocycles. The number of sulfonamides is 1. The summed E-state index contributed by atoms with van der Waals surface area (Å²) in [6.45, 7) is 0.485. The summed E-state index contributed by atoms with van der Waals surface area (Å²) in [5.74, 6) is 0.448. The molecule has 0 aliphatic heterocycles. The Morgan fingerprint density at radius 1 is 1.15 bits per heavy atom. The second kappa shape index (κ2) is 9.38. The lowest BCUT2D eigenvalue weighted by atomic mass is 10.2. The van der Waals surface area contributed by atoms with Gasteiger partial charge in [-0.2, -0.15) is 0 Å². The van der Waals surface area contributed by atoms with Gasteiger partial charge in [-0.15, -0.1) is 11.8 Å². The molecule has 0 bridgehead atoms. The molecule has 0 spiro atoms. The quantitative estimate of drug-likeness (QED) is 0.408. The molecular weight excluding hydrogens is 396 g/mol. The fourth-order valence-electron chi connectivity index (χ4n) is 1.99. The predicted octanol–water partition coefficient (Wildman–Crippen LogP) is 3.04. The number of hydrogen-bond acceptors (Lipinski definition) is 5. The number of amides is 1. The molecule has 0 unspecified atom stereocenters. The van der Waals surface area contributed by atoms with Crippen LogP contribution in [0.15, 0.2) is 58.3 Å². The summed E-state index contributed by atoms with van der Waals surface area (Å²) < 4.78 is 25.0. The van der Waals surface area contributed by atoms with Gasteiger partial charge in [0.15, 0.2) is 0 Å². The van der Waals surface area contributed by atoms with Crippen molar-refractivity contribution in [3.63, 3.8) is 0 Å². The minimum atomic E-state index is -3.72. The van der Waals surface area contributed by atoms with E-state index in [1.54, 1.807) is 11.8 Å². The highest BCUT2D eigenvalue weighted by molar-refractivity contribution is 7.99. The van der Waals surface area contributed by atoms with E-state index in [9.17, 15) is 13.2 Å². The summed E-state index contributed by atoms with van der Waals surface area (Å²) >= 11 is 7.44. The molecule has 0 radical (unpaired) electrons. The van der Waals surface area contributed by atoms with Gasteiger partial charge < -0.3 is 5.32 Å². The number of rotatable bonds is 8. The van der Waals surface area contributed by atoms with Crippen molar-refractivity contribution < 1.29 is 18.0 Å². The smallest absolute Gasteiger partial charge is 0.264 e. The molecule has 0 aliphatic carbocycles. The molecule has 26 heavy (non-hydrogen) atoms. The standard InChI is InChI=1S/C17H19ClN2O4S2/c1-20(24-2)26(22,23)16-9-3-13(4-10-16)17(21)19-11-12-25-15-7-5-14(18)6-8-15/h3-10H,11-12H2,1-2H3,(H,19,21). The molecule has 140 valence electrons. The van der Waals surface area contributed by atoms with Crippen molar-refractivity contribution in [2.45, 2.75) is 9.79 Å². The average molecular weight is 415 g/mol. The van der Waals surface area contributed by atoms with Crippen LogP contribution in [-0.2, 0) is 14.9 Å². The number of thioether (sulfide) groups is 1. The number of hydrogen-bond donors (Lipinski definition) is 1.